The molecule has 0 N–H and O–H groups in total. The van der Waals surface area contributed by atoms with E-state index in [9.17, 15) is 4.79 Å². The normalized spacial score (nSPS) is 9.17. The summed E-state index contributed by atoms with van der Waals surface area (Å²) >= 11 is 0. The van der Waals surface area contributed by atoms with Gasteiger partial charge >= 0.3 is 0 Å². The van der Waals surface area contributed by atoms with E-state index in [2.05, 4.69) is 4.74 Å². The van der Waals surface area contributed by atoms with Crippen molar-refractivity contribution in [1.82, 2.24) is 0 Å². The van der Waals surface area contributed by atoms with Crippen LogP contribution in [-0.2, 0) is 4.79 Å². The largest absolute Gasteiger partial charge is 0.497 e. The number of hydrogen-bond donors (Lipinski definition) is 0. The minimum absolute atomic E-state index is 0.397. The summed E-state index contributed by atoms with van der Waals surface area (Å²) in [5.74, 6) is 1.19. The highest BCUT2D eigenvalue weighted by Gasteiger charge is 1.98. The zero-order chi connectivity index (χ0) is 8.97. The molecule has 0 bridgehead atoms. The molecule has 0 aliphatic rings. The Morgan fingerprint density at radius 3 is 2.50 bits per heavy atom. The van der Waals surface area contributed by atoms with Crippen LogP contribution in [0.4, 0.5) is 0 Å². The van der Waals surface area contributed by atoms with Crippen molar-refractivity contribution in [3.63, 3.8) is 0 Å². The second-order valence-corrected chi connectivity index (χ2v) is 2.40. The van der Waals surface area contributed by atoms with Crippen LogP contribution in [0.25, 0.3) is 0 Å². The van der Waals surface area contributed by atoms with Crippen LogP contribution in [0.1, 0.15) is 5.56 Å². The van der Waals surface area contributed by atoms with Crippen molar-refractivity contribution < 1.29 is 14.3 Å². The van der Waals surface area contributed by atoms with Gasteiger partial charge in [0, 0.05) is 6.07 Å². The molecule has 0 aliphatic carbocycles. The molecule has 1 rings (SSSR count). The van der Waals surface area contributed by atoms with E-state index in [-0.39, 0.29) is 0 Å². The van der Waals surface area contributed by atoms with Gasteiger partial charge in [-0.15, -0.1) is 0 Å². The molecule has 1 aromatic rings. The molecule has 3 nitrogen and oxygen atoms in total. The summed E-state index contributed by atoms with van der Waals surface area (Å²) < 4.78 is 9.65. The van der Waals surface area contributed by atoms with E-state index in [1.807, 2.05) is 13.0 Å². The summed E-state index contributed by atoms with van der Waals surface area (Å²) in [5, 5.41) is 0. The zero-order valence-corrected chi connectivity index (χ0v) is 7.03. The van der Waals surface area contributed by atoms with Crippen molar-refractivity contribution in [2.75, 3.05) is 7.11 Å². The van der Waals surface area contributed by atoms with E-state index in [1.54, 1.807) is 19.2 Å². The van der Waals surface area contributed by atoms with Crippen molar-refractivity contribution in [3.05, 3.63) is 23.8 Å². The molecule has 64 valence electrons. The predicted molar refractivity (Wildman–Crippen MR) is 44.4 cm³/mol. The molecular formula is C9H10O3. The van der Waals surface area contributed by atoms with E-state index in [0.717, 1.165) is 5.56 Å². The number of hydrogen-bond acceptors (Lipinski definition) is 3. The van der Waals surface area contributed by atoms with Gasteiger partial charge in [-0.3, -0.25) is 4.79 Å². The van der Waals surface area contributed by atoms with E-state index in [0.29, 0.717) is 18.0 Å². The average molecular weight is 166 g/mol. The van der Waals surface area contributed by atoms with E-state index in [4.69, 9.17) is 4.74 Å². The third-order valence-electron chi connectivity index (χ3n) is 1.44. The molecule has 0 radical (unpaired) electrons. The van der Waals surface area contributed by atoms with Crippen LogP contribution in [0, 0.1) is 6.92 Å². The molecule has 0 amide bonds. The topological polar surface area (TPSA) is 35.5 Å². The fraction of sp³-hybridized carbons (Fsp3) is 0.222. The Bertz CT molecular complexity index is 281. The fourth-order valence-electron chi connectivity index (χ4n) is 0.955. The molecule has 0 unspecified atom stereocenters. The predicted octanol–water partition coefficient (Wildman–Crippen LogP) is 1.54. The monoisotopic (exact) mass is 166 g/mol. The lowest BCUT2D eigenvalue weighted by molar-refractivity contribution is -0.120. The molecule has 0 aromatic heterocycles. The first-order valence-electron chi connectivity index (χ1n) is 3.52. The summed E-state index contributed by atoms with van der Waals surface area (Å²) in [5.41, 5.74) is 0.992. The third kappa shape index (κ3) is 1.99. The van der Waals surface area contributed by atoms with Gasteiger partial charge in [0.1, 0.15) is 11.5 Å². The first-order valence-corrected chi connectivity index (χ1v) is 3.52. The summed E-state index contributed by atoms with van der Waals surface area (Å²) in [4.78, 5) is 10.0. The lowest BCUT2D eigenvalue weighted by atomic mass is 10.2. The molecule has 1 aromatic carbocycles. The standard InChI is InChI=1S/C9H10O3/c1-7-3-8(11-2)5-9(4-7)12-6-10/h3-6H,1-2H3. The van der Waals surface area contributed by atoms with Crippen LogP contribution in [0.15, 0.2) is 18.2 Å². The molecule has 0 saturated heterocycles. The maximum absolute atomic E-state index is 10.0. The number of carbonyl (C=O) groups is 1. The van der Waals surface area contributed by atoms with Crippen LogP contribution < -0.4 is 9.47 Å². The summed E-state index contributed by atoms with van der Waals surface area (Å²) in [6, 6.07) is 5.27. The number of rotatable bonds is 3. The minimum Gasteiger partial charge on any atom is -0.497 e. The number of ether oxygens (including phenoxy) is 2. The van der Waals surface area contributed by atoms with Crippen molar-refractivity contribution in [2.24, 2.45) is 0 Å². The molecule has 12 heavy (non-hydrogen) atoms. The summed E-state index contributed by atoms with van der Waals surface area (Å²) in [6.45, 7) is 2.30. The molecular weight excluding hydrogens is 156 g/mol. The minimum atomic E-state index is 0.397. The number of methoxy groups -OCH3 is 1. The van der Waals surface area contributed by atoms with Gasteiger partial charge < -0.3 is 9.47 Å². The highest BCUT2D eigenvalue weighted by atomic mass is 16.5. The smallest absolute Gasteiger partial charge is 0.298 e. The maximum atomic E-state index is 10.0. The molecule has 0 spiro atoms. The summed E-state index contributed by atoms with van der Waals surface area (Å²) in [6.07, 6.45) is 0. The molecule has 3 heteroatoms. The van der Waals surface area contributed by atoms with Crippen molar-refractivity contribution in [3.8, 4) is 11.5 Å². The molecule has 0 saturated carbocycles. The van der Waals surface area contributed by atoms with Crippen LogP contribution in [0.2, 0.25) is 0 Å². The van der Waals surface area contributed by atoms with Crippen molar-refractivity contribution >= 4 is 6.47 Å². The Labute approximate surface area is 70.9 Å². The highest BCUT2D eigenvalue weighted by molar-refractivity contribution is 5.48. The Kier molecular flexibility index (Phi) is 2.69. The Hall–Kier alpha value is -1.51. The maximum Gasteiger partial charge on any atom is 0.298 e. The van der Waals surface area contributed by atoms with E-state index >= 15 is 0 Å². The number of carbonyl (C=O) groups excluding carboxylic acids is 1. The quantitative estimate of drug-likeness (QED) is 0.639. The second-order valence-electron chi connectivity index (χ2n) is 2.40. The van der Waals surface area contributed by atoms with Crippen LogP contribution in [0.3, 0.4) is 0 Å². The Balaban J connectivity index is 2.97. The van der Waals surface area contributed by atoms with Crippen molar-refractivity contribution in [2.45, 2.75) is 6.92 Å². The first-order chi connectivity index (χ1) is 5.76. The second kappa shape index (κ2) is 3.76. The van der Waals surface area contributed by atoms with Gasteiger partial charge in [0.15, 0.2) is 0 Å². The van der Waals surface area contributed by atoms with E-state index in [1.165, 1.54) is 0 Å². The number of aryl methyl sites for hydroxylation is 1. The average Bonchev–Trinajstić information content (AvgIpc) is 2.04. The lowest BCUT2D eigenvalue weighted by Gasteiger charge is -2.03. The highest BCUT2D eigenvalue weighted by Crippen LogP contribution is 2.21. The van der Waals surface area contributed by atoms with Gasteiger partial charge in [-0.05, 0) is 24.6 Å². The van der Waals surface area contributed by atoms with Gasteiger partial charge in [0.25, 0.3) is 6.47 Å². The third-order valence-corrected chi connectivity index (χ3v) is 1.44. The first kappa shape index (κ1) is 8.59. The SMILES string of the molecule is COc1cc(C)cc(OC=O)c1. The van der Waals surface area contributed by atoms with Gasteiger partial charge in [0.05, 0.1) is 7.11 Å². The molecule has 0 heterocycles. The van der Waals surface area contributed by atoms with Gasteiger partial charge in [-0.25, -0.2) is 0 Å². The van der Waals surface area contributed by atoms with Gasteiger partial charge in [-0.1, -0.05) is 0 Å². The molecule has 0 aliphatic heterocycles. The molecule has 0 fully saturated rings. The van der Waals surface area contributed by atoms with Crippen LogP contribution in [0.5, 0.6) is 11.5 Å². The zero-order valence-electron chi connectivity index (χ0n) is 7.03. The number of benzene rings is 1. The van der Waals surface area contributed by atoms with Gasteiger partial charge in [0.2, 0.25) is 0 Å². The van der Waals surface area contributed by atoms with Crippen LogP contribution >= 0.6 is 0 Å². The lowest BCUT2D eigenvalue weighted by Crippen LogP contribution is -1.90. The van der Waals surface area contributed by atoms with Crippen LogP contribution in [-0.4, -0.2) is 13.6 Å². The Morgan fingerprint density at radius 2 is 1.92 bits per heavy atom. The summed E-state index contributed by atoms with van der Waals surface area (Å²) in [7, 11) is 1.57. The van der Waals surface area contributed by atoms with Crippen molar-refractivity contribution in [1.29, 1.82) is 0 Å². The Morgan fingerprint density at radius 1 is 1.25 bits per heavy atom. The fourth-order valence-corrected chi connectivity index (χ4v) is 0.955. The molecule has 0 atom stereocenters. The van der Waals surface area contributed by atoms with E-state index < -0.39 is 0 Å². The van der Waals surface area contributed by atoms with Gasteiger partial charge in [-0.2, -0.15) is 0 Å².